The van der Waals surface area contributed by atoms with Crippen molar-refractivity contribution in [1.29, 1.82) is 0 Å². The summed E-state index contributed by atoms with van der Waals surface area (Å²) >= 11 is 1.16. The zero-order valence-electron chi connectivity index (χ0n) is 10.9. The van der Waals surface area contributed by atoms with Crippen LogP contribution in [0.15, 0.2) is 53.5 Å². The molecular weight excluding hydrogens is 258 g/mol. The van der Waals surface area contributed by atoms with Crippen molar-refractivity contribution in [3.05, 3.63) is 59.7 Å². The van der Waals surface area contributed by atoms with Gasteiger partial charge in [0.25, 0.3) is 0 Å². The fourth-order valence-corrected chi connectivity index (χ4v) is 1.61. The Labute approximate surface area is 117 Å². The van der Waals surface area contributed by atoms with Crippen molar-refractivity contribution < 1.29 is 9.22 Å². The molecule has 0 saturated carbocycles. The van der Waals surface area contributed by atoms with E-state index in [-0.39, 0.29) is 0 Å². The van der Waals surface area contributed by atoms with E-state index in [1.54, 1.807) is 6.26 Å². The van der Waals surface area contributed by atoms with Crippen LogP contribution in [0.1, 0.15) is 11.1 Å². The molecule has 0 aliphatic heterocycles. The Morgan fingerprint density at radius 2 is 1.68 bits per heavy atom. The van der Waals surface area contributed by atoms with Gasteiger partial charge in [-0.05, 0) is 48.9 Å². The maximum Gasteiger partial charge on any atom is 0.166 e. The van der Waals surface area contributed by atoms with Gasteiger partial charge in [-0.25, -0.2) is 0 Å². The molecule has 2 aromatic carbocycles. The molecule has 0 radical (unpaired) electrons. The van der Waals surface area contributed by atoms with Gasteiger partial charge in [-0.2, -0.15) is 0 Å². The van der Waals surface area contributed by atoms with E-state index in [9.17, 15) is 0 Å². The lowest BCUT2D eigenvalue weighted by Crippen LogP contribution is -1.88. The molecule has 0 aromatic heterocycles. The van der Waals surface area contributed by atoms with Crippen molar-refractivity contribution >= 4 is 23.9 Å². The van der Waals surface area contributed by atoms with Crippen LogP contribution in [0.2, 0.25) is 0 Å². The average molecular weight is 273 g/mol. The van der Waals surface area contributed by atoms with Gasteiger partial charge >= 0.3 is 0 Å². The highest BCUT2D eigenvalue weighted by Gasteiger charge is 1.94. The number of aliphatic imine (C=N–C) groups is 1. The van der Waals surface area contributed by atoms with Crippen LogP contribution in [0.3, 0.4) is 0 Å². The molecule has 0 unspecified atom stereocenters. The van der Waals surface area contributed by atoms with Gasteiger partial charge in [0.15, 0.2) is 5.75 Å². The lowest BCUT2D eigenvalue weighted by Gasteiger charge is -2.01. The zero-order valence-corrected chi connectivity index (χ0v) is 11.7. The molecule has 0 atom stereocenters. The van der Waals surface area contributed by atoms with E-state index in [0.29, 0.717) is 5.75 Å². The summed E-state index contributed by atoms with van der Waals surface area (Å²) in [6.07, 6.45) is 3.62. The molecule has 19 heavy (non-hydrogen) atoms. The van der Waals surface area contributed by atoms with Crippen LogP contribution in [-0.4, -0.2) is 12.5 Å². The number of hydrogen-bond acceptors (Lipinski definition) is 4. The minimum atomic E-state index is 0.668. The van der Waals surface area contributed by atoms with E-state index < -0.39 is 0 Å². The molecule has 0 heterocycles. The lowest BCUT2D eigenvalue weighted by molar-refractivity contribution is -0.0770. The first kappa shape index (κ1) is 13.6. The monoisotopic (exact) mass is 273 g/mol. The van der Waals surface area contributed by atoms with Crippen LogP contribution in [0.4, 0.5) is 5.69 Å². The van der Waals surface area contributed by atoms with Crippen LogP contribution < -0.4 is 4.89 Å². The third-order valence-corrected chi connectivity index (χ3v) is 2.68. The Morgan fingerprint density at radius 3 is 2.32 bits per heavy atom. The van der Waals surface area contributed by atoms with Crippen LogP contribution in [0.5, 0.6) is 5.75 Å². The number of rotatable bonds is 5. The standard InChI is InChI=1S/C15H15NO2S/c1-12-3-7-14(8-4-12)16-11-13-5-9-15(10-6-13)17-18-19-2/h3-11H,1-2H3. The highest BCUT2D eigenvalue weighted by atomic mass is 32.2. The fourth-order valence-electron chi connectivity index (χ4n) is 1.46. The summed E-state index contributed by atoms with van der Waals surface area (Å²) in [5, 5.41) is 0. The van der Waals surface area contributed by atoms with E-state index in [1.807, 2.05) is 54.7 Å². The predicted octanol–water partition coefficient (Wildman–Crippen LogP) is 4.33. The smallest absolute Gasteiger partial charge is 0.166 e. The summed E-state index contributed by atoms with van der Waals surface area (Å²) in [4.78, 5) is 9.41. The summed E-state index contributed by atoms with van der Waals surface area (Å²) in [6.45, 7) is 2.06. The van der Waals surface area contributed by atoms with Crippen molar-refractivity contribution in [3.63, 3.8) is 0 Å². The molecule has 0 aliphatic carbocycles. The molecule has 0 bridgehead atoms. The lowest BCUT2D eigenvalue weighted by atomic mass is 10.2. The third-order valence-electron chi connectivity index (χ3n) is 2.48. The summed E-state index contributed by atoms with van der Waals surface area (Å²) in [5.41, 5.74) is 3.18. The van der Waals surface area contributed by atoms with Crippen molar-refractivity contribution in [2.45, 2.75) is 6.92 Å². The summed E-state index contributed by atoms with van der Waals surface area (Å²) in [6, 6.07) is 15.6. The molecular formula is C15H15NO2S. The molecule has 3 nitrogen and oxygen atoms in total. The van der Waals surface area contributed by atoms with Crippen LogP contribution >= 0.6 is 12.0 Å². The van der Waals surface area contributed by atoms with Crippen LogP contribution in [0.25, 0.3) is 0 Å². The molecule has 4 heteroatoms. The van der Waals surface area contributed by atoms with E-state index >= 15 is 0 Å². The second-order valence-electron chi connectivity index (χ2n) is 3.98. The van der Waals surface area contributed by atoms with Gasteiger partial charge in [-0.1, -0.05) is 17.7 Å². The van der Waals surface area contributed by atoms with Crippen molar-refractivity contribution in [2.24, 2.45) is 4.99 Å². The van der Waals surface area contributed by atoms with Gasteiger partial charge in [0.05, 0.1) is 5.69 Å². The van der Waals surface area contributed by atoms with Gasteiger partial charge in [0.2, 0.25) is 0 Å². The molecule has 0 saturated heterocycles. The molecule has 0 aliphatic rings. The second-order valence-corrected chi connectivity index (χ2v) is 4.45. The first-order valence-electron chi connectivity index (χ1n) is 5.86. The summed E-state index contributed by atoms with van der Waals surface area (Å²) in [7, 11) is 0. The zero-order chi connectivity index (χ0) is 13.5. The maximum absolute atomic E-state index is 5.00. The molecule has 2 aromatic rings. The van der Waals surface area contributed by atoms with Gasteiger partial charge in [0.1, 0.15) is 0 Å². The number of hydrogen-bond donors (Lipinski definition) is 0. The normalized spacial score (nSPS) is 10.8. The van der Waals surface area contributed by atoms with Gasteiger partial charge in [-0.15, -0.1) is 4.33 Å². The largest absolute Gasteiger partial charge is 0.325 e. The van der Waals surface area contributed by atoms with Crippen LogP contribution in [0, 0.1) is 6.92 Å². The second kappa shape index (κ2) is 6.97. The first-order chi connectivity index (χ1) is 9.28. The fraction of sp³-hybridized carbons (Fsp3) is 0.133. The summed E-state index contributed by atoms with van der Waals surface area (Å²) in [5.74, 6) is 0.668. The van der Waals surface area contributed by atoms with E-state index in [2.05, 4.69) is 11.9 Å². The molecule has 0 spiro atoms. The quantitative estimate of drug-likeness (QED) is 0.351. The minimum absolute atomic E-state index is 0.668. The van der Waals surface area contributed by atoms with E-state index in [1.165, 1.54) is 5.56 Å². The maximum atomic E-state index is 5.00. The number of benzene rings is 2. The average Bonchev–Trinajstić information content (AvgIpc) is 2.46. The van der Waals surface area contributed by atoms with Crippen LogP contribution in [-0.2, 0) is 4.33 Å². The molecule has 0 fully saturated rings. The Balaban J connectivity index is 2.00. The first-order valence-corrected chi connectivity index (χ1v) is 7.01. The van der Waals surface area contributed by atoms with E-state index in [4.69, 9.17) is 9.22 Å². The van der Waals surface area contributed by atoms with Gasteiger partial charge in [-0.3, -0.25) is 4.99 Å². The Bertz CT molecular complexity index is 535. The SMILES string of the molecule is CSOOc1ccc(C=Nc2ccc(C)cc2)cc1. The van der Waals surface area contributed by atoms with E-state index in [0.717, 1.165) is 23.3 Å². The van der Waals surface area contributed by atoms with Crippen molar-refractivity contribution in [2.75, 3.05) is 6.26 Å². The Hall–Kier alpha value is -1.78. The summed E-state index contributed by atoms with van der Waals surface area (Å²) < 4.78 is 4.78. The molecule has 0 amide bonds. The highest BCUT2D eigenvalue weighted by Crippen LogP contribution is 2.15. The number of nitrogens with zero attached hydrogens (tertiary/aromatic N) is 1. The number of aryl methyl sites for hydroxylation is 1. The van der Waals surface area contributed by atoms with Crippen molar-refractivity contribution in [1.82, 2.24) is 0 Å². The molecule has 2 rings (SSSR count). The molecule has 98 valence electrons. The minimum Gasteiger partial charge on any atom is -0.325 e. The Morgan fingerprint density at radius 1 is 1.00 bits per heavy atom. The van der Waals surface area contributed by atoms with Crippen molar-refractivity contribution in [3.8, 4) is 5.75 Å². The van der Waals surface area contributed by atoms with Gasteiger partial charge < -0.3 is 4.89 Å². The third kappa shape index (κ3) is 4.43. The topological polar surface area (TPSA) is 30.8 Å². The highest BCUT2D eigenvalue weighted by molar-refractivity contribution is 7.93. The Kier molecular flexibility index (Phi) is 5.01. The molecule has 0 N–H and O–H groups in total. The predicted molar refractivity (Wildman–Crippen MR) is 80.1 cm³/mol. The van der Waals surface area contributed by atoms with Gasteiger partial charge in [0, 0.05) is 24.5 Å².